The highest BCUT2D eigenvalue weighted by Crippen LogP contribution is 2.16. The van der Waals surface area contributed by atoms with Gasteiger partial charge in [0.15, 0.2) is 10.8 Å². The molecule has 2 aromatic rings. The second-order valence-electron chi connectivity index (χ2n) is 7.65. The van der Waals surface area contributed by atoms with Crippen molar-refractivity contribution >= 4 is 41.0 Å². The van der Waals surface area contributed by atoms with Crippen LogP contribution in [0.4, 0.5) is 0 Å². The van der Waals surface area contributed by atoms with E-state index in [1.807, 2.05) is 30.0 Å². The molecule has 13 heteroatoms. The first-order chi connectivity index (χ1) is 15.9. The molecule has 2 rings (SSSR count). The fourth-order valence-corrected chi connectivity index (χ4v) is 3.74. The van der Waals surface area contributed by atoms with E-state index in [1.165, 1.54) is 10.4 Å². The molecule has 4 N–H and O–H groups in total. The van der Waals surface area contributed by atoms with Gasteiger partial charge in [-0.15, -0.1) is 11.3 Å². The summed E-state index contributed by atoms with van der Waals surface area (Å²) in [4.78, 5) is 45.3. The van der Waals surface area contributed by atoms with Crippen LogP contribution in [0.3, 0.4) is 0 Å². The van der Waals surface area contributed by atoms with Crippen LogP contribution in [0.15, 0.2) is 35.1 Å². The Balaban J connectivity index is 0.000000385. The van der Waals surface area contributed by atoms with E-state index < -0.39 is 36.4 Å². The van der Waals surface area contributed by atoms with E-state index in [2.05, 4.69) is 51.4 Å². The zero-order valence-electron chi connectivity index (χ0n) is 19.2. The van der Waals surface area contributed by atoms with Gasteiger partial charge in [0.2, 0.25) is 0 Å². The van der Waals surface area contributed by atoms with E-state index in [-0.39, 0.29) is 0 Å². The maximum atomic E-state index is 10.3. The number of carbonyl (C=O) groups is 3. The average Bonchev–Trinajstić information content (AvgIpc) is 3.25. The average molecular weight is 515 g/mol. The standard InChI is InChI=1S/C15H22N4S2.C6H8O7/c1-18(2)6-7-19(12-14-5-4-8-21-14)11-13-9-16-15(20-3)17-10-13;7-3(8)1-6(13,5(11)12)2-4(9)10/h4-5,8-10H,6-7,11-12H2,1-3H3;13H,1-2H2,(H,7,8)(H,9,10)(H,11,12). The van der Waals surface area contributed by atoms with Crippen LogP contribution in [-0.4, -0.2) is 97.1 Å². The summed E-state index contributed by atoms with van der Waals surface area (Å²) < 4.78 is 0. The Labute approximate surface area is 206 Å². The van der Waals surface area contributed by atoms with Gasteiger partial charge in [-0.2, -0.15) is 0 Å². The second-order valence-corrected chi connectivity index (χ2v) is 9.45. The highest BCUT2D eigenvalue weighted by atomic mass is 32.2. The van der Waals surface area contributed by atoms with Crippen LogP contribution in [-0.2, 0) is 27.5 Å². The number of carboxylic acid groups (broad SMARTS) is 3. The minimum absolute atomic E-state index is 0.830. The lowest BCUT2D eigenvalue weighted by molar-refractivity contribution is -0.170. The van der Waals surface area contributed by atoms with Crippen LogP contribution < -0.4 is 0 Å². The first kappa shape index (κ1) is 29.5. The number of aromatic nitrogens is 2. The van der Waals surface area contributed by atoms with Crippen molar-refractivity contribution in [3.63, 3.8) is 0 Å². The van der Waals surface area contributed by atoms with E-state index in [4.69, 9.17) is 20.4 Å². The van der Waals surface area contributed by atoms with Crippen LogP contribution in [0, 0.1) is 0 Å². The molecule has 2 heterocycles. The Bertz CT molecular complexity index is 892. The molecular formula is C21H30N4O7S2. The molecule has 0 atom stereocenters. The molecule has 0 bridgehead atoms. The summed E-state index contributed by atoms with van der Waals surface area (Å²) in [6, 6.07) is 4.31. The number of nitrogens with zero attached hydrogens (tertiary/aromatic N) is 4. The van der Waals surface area contributed by atoms with Crippen LogP contribution >= 0.6 is 23.1 Å². The van der Waals surface area contributed by atoms with Gasteiger partial charge in [-0.3, -0.25) is 14.5 Å². The summed E-state index contributed by atoms with van der Waals surface area (Å²) in [6.45, 7) is 3.96. The number of likely N-dealkylation sites (N-methyl/N-ethyl adjacent to an activating group) is 1. The quantitative estimate of drug-likeness (QED) is 0.226. The Kier molecular flexibility index (Phi) is 12.7. The van der Waals surface area contributed by atoms with Crippen LogP contribution in [0.5, 0.6) is 0 Å². The normalized spacial score (nSPS) is 11.2. The largest absolute Gasteiger partial charge is 0.481 e. The summed E-state index contributed by atoms with van der Waals surface area (Å²) in [5.74, 6) is -5.02. The molecule has 188 valence electrons. The molecule has 0 saturated carbocycles. The van der Waals surface area contributed by atoms with Crippen molar-refractivity contribution in [3.8, 4) is 0 Å². The van der Waals surface area contributed by atoms with E-state index in [0.29, 0.717) is 0 Å². The van der Waals surface area contributed by atoms with Gasteiger partial charge in [-0.1, -0.05) is 17.8 Å². The van der Waals surface area contributed by atoms with Gasteiger partial charge in [0.25, 0.3) is 0 Å². The molecule has 0 aliphatic rings. The molecular weight excluding hydrogens is 484 g/mol. The van der Waals surface area contributed by atoms with Crippen molar-refractivity contribution in [3.05, 3.63) is 40.3 Å². The van der Waals surface area contributed by atoms with Gasteiger partial charge >= 0.3 is 17.9 Å². The third kappa shape index (κ3) is 11.5. The van der Waals surface area contributed by atoms with Crippen LogP contribution in [0.25, 0.3) is 0 Å². The molecule has 0 aromatic carbocycles. The SMILES string of the molecule is CSc1ncc(CN(CCN(C)C)Cc2cccs2)cn1.O=C(O)CC(O)(CC(=O)O)C(=O)O. The molecule has 2 aromatic heterocycles. The fourth-order valence-electron chi connectivity index (χ4n) is 2.68. The number of hydrogen-bond donors (Lipinski definition) is 4. The van der Waals surface area contributed by atoms with Gasteiger partial charge in [0, 0.05) is 49.0 Å². The second kappa shape index (κ2) is 14.6. The van der Waals surface area contributed by atoms with Crippen molar-refractivity contribution < 1.29 is 34.8 Å². The molecule has 0 spiro atoms. The number of carboxylic acids is 3. The predicted molar refractivity (Wildman–Crippen MR) is 128 cm³/mol. The van der Waals surface area contributed by atoms with Gasteiger partial charge < -0.3 is 25.3 Å². The van der Waals surface area contributed by atoms with Gasteiger partial charge in [0.1, 0.15) is 0 Å². The van der Waals surface area contributed by atoms with Crippen LogP contribution in [0.2, 0.25) is 0 Å². The Morgan fingerprint density at radius 1 is 1.03 bits per heavy atom. The minimum Gasteiger partial charge on any atom is -0.481 e. The van der Waals surface area contributed by atoms with Crippen molar-refractivity contribution in [2.75, 3.05) is 33.4 Å². The van der Waals surface area contributed by atoms with Crippen LogP contribution in [0.1, 0.15) is 23.3 Å². The Morgan fingerprint density at radius 2 is 1.62 bits per heavy atom. The maximum absolute atomic E-state index is 10.3. The van der Waals surface area contributed by atoms with Crippen molar-refractivity contribution in [1.29, 1.82) is 0 Å². The maximum Gasteiger partial charge on any atom is 0.336 e. The highest BCUT2D eigenvalue weighted by Gasteiger charge is 2.40. The van der Waals surface area contributed by atoms with Gasteiger partial charge in [0.05, 0.1) is 12.8 Å². The van der Waals surface area contributed by atoms with Crippen molar-refractivity contribution in [2.24, 2.45) is 0 Å². The molecule has 0 saturated heterocycles. The first-order valence-electron chi connectivity index (χ1n) is 10.1. The van der Waals surface area contributed by atoms with E-state index in [9.17, 15) is 14.4 Å². The highest BCUT2D eigenvalue weighted by molar-refractivity contribution is 7.98. The fraction of sp³-hybridized carbons (Fsp3) is 0.476. The summed E-state index contributed by atoms with van der Waals surface area (Å²) >= 11 is 3.39. The molecule has 0 fully saturated rings. The smallest absolute Gasteiger partial charge is 0.336 e. The number of aliphatic carboxylic acids is 3. The topological polar surface area (TPSA) is 164 Å². The lowest BCUT2D eigenvalue weighted by Crippen LogP contribution is -2.42. The zero-order valence-corrected chi connectivity index (χ0v) is 20.9. The van der Waals surface area contributed by atoms with Crippen molar-refractivity contribution in [1.82, 2.24) is 19.8 Å². The lowest BCUT2D eigenvalue weighted by atomic mass is 9.96. The molecule has 0 radical (unpaired) electrons. The summed E-state index contributed by atoms with van der Waals surface area (Å²) in [5, 5.41) is 36.8. The number of thiophene rings is 1. The van der Waals surface area contributed by atoms with Gasteiger partial charge in [-0.25, -0.2) is 14.8 Å². The third-order valence-electron chi connectivity index (χ3n) is 4.38. The summed E-state index contributed by atoms with van der Waals surface area (Å²) in [7, 11) is 4.22. The monoisotopic (exact) mass is 514 g/mol. The summed E-state index contributed by atoms with van der Waals surface area (Å²) in [6.07, 6.45) is 3.59. The molecule has 34 heavy (non-hydrogen) atoms. The molecule has 0 aliphatic carbocycles. The number of rotatable bonds is 13. The Hall–Kier alpha value is -2.58. The Morgan fingerprint density at radius 3 is 2.03 bits per heavy atom. The molecule has 0 aliphatic heterocycles. The van der Waals surface area contributed by atoms with Gasteiger partial charge in [-0.05, 0) is 31.8 Å². The third-order valence-corrected chi connectivity index (χ3v) is 5.82. The molecule has 0 unspecified atom stereocenters. The first-order valence-corrected chi connectivity index (χ1v) is 12.2. The minimum atomic E-state index is -2.74. The zero-order chi connectivity index (χ0) is 25.7. The summed E-state index contributed by atoms with van der Waals surface area (Å²) in [5.41, 5.74) is -1.57. The van der Waals surface area contributed by atoms with E-state index in [1.54, 1.807) is 11.8 Å². The number of hydrogen-bond acceptors (Lipinski definition) is 10. The predicted octanol–water partition coefficient (Wildman–Crippen LogP) is 1.58. The number of thioether (sulfide) groups is 1. The molecule has 0 amide bonds. The van der Waals surface area contributed by atoms with Crippen molar-refractivity contribution in [2.45, 2.75) is 36.7 Å². The lowest BCUT2D eigenvalue weighted by Gasteiger charge is -2.23. The van der Waals surface area contributed by atoms with E-state index in [0.717, 1.165) is 31.3 Å². The van der Waals surface area contributed by atoms with E-state index >= 15 is 0 Å². The number of aliphatic hydroxyl groups is 1. The molecule has 11 nitrogen and oxygen atoms in total.